The summed E-state index contributed by atoms with van der Waals surface area (Å²) in [5, 5.41) is 0. The number of hydrogen-bond acceptors (Lipinski definition) is 1. The number of benzene rings is 1. The van der Waals surface area contributed by atoms with Crippen molar-refractivity contribution in [2.75, 3.05) is 0 Å². The molecule has 12 heavy (non-hydrogen) atoms. The zero-order valence-electron chi connectivity index (χ0n) is 6.63. The molecule has 0 spiro atoms. The van der Waals surface area contributed by atoms with Gasteiger partial charge in [0, 0.05) is 10.5 Å². The third kappa shape index (κ3) is 1.21. The SMILES string of the molecule is NC1CC=C(Br)c2ccccc21. The highest BCUT2D eigenvalue weighted by molar-refractivity contribution is 9.15. The number of fused-ring (bicyclic) bond motifs is 1. The van der Waals surface area contributed by atoms with Crippen molar-refractivity contribution in [3.8, 4) is 0 Å². The zero-order chi connectivity index (χ0) is 8.55. The molecule has 0 amide bonds. The van der Waals surface area contributed by atoms with Gasteiger partial charge in [-0.2, -0.15) is 0 Å². The smallest absolute Gasteiger partial charge is 0.0336 e. The molecule has 2 rings (SSSR count). The maximum Gasteiger partial charge on any atom is 0.0336 e. The molecule has 1 aromatic rings. The molecule has 0 aromatic heterocycles. The summed E-state index contributed by atoms with van der Waals surface area (Å²) in [4.78, 5) is 0. The first kappa shape index (κ1) is 8.02. The van der Waals surface area contributed by atoms with Gasteiger partial charge in [-0.15, -0.1) is 0 Å². The van der Waals surface area contributed by atoms with Gasteiger partial charge in [-0.25, -0.2) is 0 Å². The van der Waals surface area contributed by atoms with E-state index in [9.17, 15) is 0 Å². The molecule has 1 aliphatic carbocycles. The lowest BCUT2D eigenvalue weighted by atomic mass is 9.94. The van der Waals surface area contributed by atoms with E-state index in [1.54, 1.807) is 0 Å². The number of halogens is 1. The van der Waals surface area contributed by atoms with Gasteiger partial charge in [-0.3, -0.25) is 0 Å². The number of hydrogen-bond donors (Lipinski definition) is 1. The molecule has 0 saturated carbocycles. The van der Waals surface area contributed by atoms with Gasteiger partial charge in [-0.05, 0) is 17.5 Å². The molecule has 1 aromatic carbocycles. The van der Waals surface area contributed by atoms with Crippen LogP contribution in [0.4, 0.5) is 0 Å². The predicted octanol–water partition coefficient (Wildman–Crippen LogP) is 2.83. The molecular weight excluding hydrogens is 214 g/mol. The van der Waals surface area contributed by atoms with Crippen molar-refractivity contribution in [2.45, 2.75) is 12.5 Å². The minimum atomic E-state index is 0.169. The highest BCUT2D eigenvalue weighted by Gasteiger charge is 2.15. The molecule has 0 fully saturated rings. The van der Waals surface area contributed by atoms with Gasteiger partial charge in [0.1, 0.15) is 0 Å². The molecule has 0 aliphatic heterocycles. The highest BCUT2D eigenvalue weighted by atomic mass is 79.9. The van der Waals surface area contributed by atoms with Gasteiger partial charge < -0.3 is 5.73 Å². The fraction of sp³-hybridized carbons (Fsp3) is 0.200. The minimum absolute atomic E-state index is 0.169. The van der Waals surface area contributed by atoms with Crippen LogP contribution in [0.25, 0.3) is 4.48 Å². The van der Waals surface area contributed by atoms with Crippen molar-refractivity contribution in [3.63, 3.8) is 0 Å². The Morgan fingerprint density at radius 2 is 2.08 bits per heavy atom. The van der Waals surface area contributed by atoms with E-state index >= 15 is 0 Å². The average molecular weight is 224 g/mol. The summed E-state index contributed by atoms with van der Waals surface area (Å²) in [5.41, 5.74) is 8.42. The van der Waals surface area contributed by atoms with Crippen LogP contribution in [0.2, 0.25) is 0 Å². The van der Waals surface area contributed by atoms with Crippen molar-refractivity contribution < 1.29 is 0 Å². The average Bonchev–Trinajstić information content (AvgIpc) is 2.12. The van der Waals surface area contributed by atoms with Crippen LogP contribution in [0.5, 0.6) is 0 Å². The van der Waals surface area contributed by atoms with Crippen LogP contribution >= 0.6 is 15.9 Å². The summed E-state index contributed by atoms with van der Waals surface area (Å²) in [5.74, 6) is 0. The molecule has 1 aliphatic rings. The van der Waals surface area contributed by atoms with Crippen LogP contribution < -0.4 is 5.73 Å². The Kier molecular flexibility index (Phi) is 2.03. The topological polar surface area (TPSA) is 26.0 Å². The molecule has 62 valence electrons. The number of nitrogens with two attached hydrogens (primary N) is 1. The van der Waals surface area contributed by atoms with E-state index in [4.69, 9.17) is 5.73 Å². The van der Waals surface area contributed by atoms with E-state index in [0.29, 0.717) is 0 Å². The van der Waals surface area contributed by atoms with Gasteiger partial charge in [0.15, 0.2) is 0 Å². The standard InChI is InChI=1S/C10H10BrN/c11-9-5-6-10(12)8-4-2-1-3-7(8)9/h1-5,10H,6,12H2. The Morgan fingerprint density at radius 1 is 1.33 bits per heavy atom. The molecule has 0 bridgehead atoms. The highest BCUT2D eigenvalue weighted by Crippen LogP contribution is 2.34. The molecule has 1 nitrogen and oxygen atoms in total. The molecule has 2 N–H and O–H groups in total. The molecular formula is C10H10BrN. The summed E-state index contributed by atoms with van der Waals surface area (Å²) < 4.78 is 1.17. The lowest BCUT2D eigenvalue weighted by molar-refractivity contribution is 0.732. The largest absolute Gasteiger partial charge is 0.324 e. The maximum atomic E-state index is 5.94. The second-order valence-electron chi connectivity index (χ2n) is 2.98. The first-order valence-corrected chi connectivity index (χ1v) is 4.79. The van der Waals surface area contributed by atoms with Gasteiger partial charge in [0.25, 0.3) is 0 Å². The van der Waals surface area contributed by atoms with E-state index in [2.05, 4.69) is 34.1 Å². The zero-order valence-corrected chi connectivity index (χ0v) is 8.21. The van der Waals surface area contributed by atoms with Gasteiger partial charge in [0.2, 0.25) is 0 Å². The summed E-state index contributed by atoms with van der Waals surface area (Å²) in [6.45, 7) is 0. The number of rotatable bonds is 0. The first-order chi connectivity index (χ1) is 5.79. The summed E-state index contributed by atoms with van der Waals surface area (Å²) in [6.07, 6.45) is 3.06. The Labute approximate surface area is 80.4 Å². The van der Waals surface area contributed by atoms with E-state index in [0.717, 1.165) is 6.42 Å². The van der Waals surface area contributed by atoms with Crippen LogP contribution in [0.1, 0.15) is 23.6 Å². The predicted molar refractivity (Wildman–Crippen MR) is 54.9 cm³/mol. The Balaban J connectivity index is 2.58. The van der Waals surface area contributed by atoms with E-state index < -0.39 is 0 Å². The monoisotopic (exact) mass is 223 g/mol. The van der Waals surface area contributed by atoms with Crippen LogP contribution in [0, 0.1) is 0 Å². The van der Waals surface area contributed by atoms with Crippen molar-refractivity contribution in [3.05, 3.63) is 41.5 Å². The third-order valence-corrected chi connectivity index (χ3v) is 2.92. The van der Waals surface area contributed by atoms with Gasteiger partial charge in [0.05, 0.1) is 0 Å². The van der Waals surface area contributed by atoms with Crippen molar-refractivity contribution in [2.24, 2.45) is 5.73 Å². The van der Waals surface area contributed by atoms with E-state index in [-0.39, 0.29) is 6.04 Å². The molecule has 0 heterocycles. The van der Waals surface area contributed by atoms with Crippen LogP contribution in [-0.2, 0) is 0 Å². The van der Waals surface area contributed by atoms with Gasteiger partial charge >= 0.3 is 0 Å². The Morgan fingerprint density at radius 3 is 2.83 bits per heavy atom. The van der Waals surface area contributed by atoms with E-state index in [1.807, 2.05) is 12.1 Å². The normalized spacial score (nSPS) is 21.5. The lowest BCUT2D eigenvalue weighted by Gasteiger charge is -2.19. The van der Waals surface area contributed by atoms with Crippen molar-refractivity contribution in [1.29, 1.82) is 0 Å². The van der Waals surface area contributed by atoms with Crippen molar-refractivity contribution >= 4 is 20.4 Å². The lowest BCUT2D eigenvalue weighted by Crippen LogP contribution is -2.13. The Hall–Kier alpha value is -0.600. The summed E-state index contributed by atoms with van der Waals surface area (Å²) in [6, 6.07) is 8.42. The maximum absolute atomic E-state index is 5.94. The minimum Gasteiger partial charge on any atom is -0.324 e. The van der Waals surface area contributed by atoms with Crippen LogP contribution in [-0.4, -0.2) is 0 Å². The fourth-order valence-corrected chi connectivity index (χ4v) is 2.05. The first-order valence-electron chi connectivity index (χ1n) is 3.99. The fourth-order valence-electron chi connectivity index (χ4n) is 1.51. The summed E-state index contributed by atoms with van der Waals surface area (Å²) in [7, 11) is 0. The van der Waals surface area contributed by atoms with Crippen LogP contribution in [0.15, 0.2) is 30.3 Å². The molecule has 1 unspecified atom stereocenters. The second kappa shape index (κ2) is 3.04. The molecule has 2 heteroatoms. The quantitative estimate of drug-likeness (QED) is 0.720. The van der Waals surface area contributed by atoms with Gasteiger partial charge in [-0.1, -0.05) is 46.3 Å². The molecule has 1 atom stereocenters. The molecule has 0 saturated heterocycles. The Bertz CT molecular complexity index is 330. The molecule has 0 radical (unpaired) electrons. The third-order valence-electron chi connectivity index (χ3n) is 2.17. The second-order valence-corrected chi connectivity index (χ2v) is 3.84. The summed E-state index contributed by atoms with van der Waals surface area (Å²) >= 11 is 3.52. The van der Waals surface area contributed by atoms with Crippen LogP contribution in [0.3, 0.4) is 0 Å². The van der Waals surface area contributed by atoms with E-state index in [1.165, 1.54) is 15.6 Å². The van der Waals surface area contributed by atoms with Crippen molar-refractivity contribution in [1.82, 2.24) is 0 Å².